The van der Waals surface area contributed by atoms with E-state index in [1.165, 1.54) is 34.5 Å². The van der Waals surface area contributed by atoms with Crippen molar-refractivity contribution in [3.63, 3.8) is 0 Å². The molecule has 3 heterocycles. The molecule has 0 aliphatic carbocycles. The van der Waals surface area contributed by atoms with Gasteiger partial charge < -0.3 is 9.55 Å². The third kappa shape index (κ3) is 5.49. The third-order valence-corrected chi connectivity index (χ3v) is 6.78. The minimum absolute atomic E-state index is 0. The van der Waals surface area contributed by atoms with Crippen molar-refractivity contribution in [3.05, 3.63) is 144 Å². The van der Waals surface area contributed by atoms with Gasteiger partial charge in [-0.05, 0) is 31.2 Å². The molecule has 189 valence electrons. The van der Waals surface area contributed by atoms with Gasteiger partial charge >= 0.3 is 37.3 Å². The molecule has 0 unspecified atom stereocenters. The van der Waals surface area contributed by atoms with Crippen LogP contribution in [0.2, 0.25) is 0 Å². The largest absolute Gasteiger partial charge is 3.00 e. The van der Waals surface area contributed by atoms with Gasteiger partial charge in [-0.1, -0.05) is 61.5 Å². The Hall–Kier alpha value is -3.56. The number of hydrogen-bond donors (Lipinski definition) is 0. The van der Waals surface area contributed by atoms with Gasteiger partial charge in [0.05, 0.1) is 23.0 Å². The molecule has 1 aliphatic heterocycles. The molecule has 0 saturated heterocycles. The Labute approximate surface area is 255 Å². The fourth-order valence-electron chi connectivity index (χ4n) is 4.77. The number of hydrogen-bond acceptors (Lipinski definition) is 2. The fourth-order valence-corrected chi connectivity index (χ4v) is 4.77. The van der Waals surface area contributed by atoms with Gasteiger partial charge in [0.15, 0.2) is 0 Å². The van der Waals surface area contributed by atoms with E-state index in [4.69, 9.17) is 5.26 Å². The molecule has 1 aliphatic rings. The Morgan fingerprint density at radius 3 is 2.26 bits per heavy atom. The number of nitrogens with zero attached hydrogens (tertiary/aromatic N) is 3. The number of benzene rings is 3. The van der Waals surface area contributed by atoms with Crippen LogP contribution in [0.5, 0.6) is 0 Å². The van der Waals surface area contributed by atoms with Crippen molar-refractivity contribution in [2.24, 2.45) is 0 Å². The number of pyridine rings is 2. The van der Waals surface area contributed by atoms with Crippen molar-refractivity contribution in [2.75, 3.05) is 0 Å². The van der Waals surface area contributed by atoms with E-state index in [2.05, 4.69) is 84.9 Å². The van der Waals surface area contributed by atoms with Crippen molar-refractivity contribution in [3.8, 4) is 39.7 Å². The summed E-state index contributed by atoms with van der Waals surface area (Å²) in [6.45, 7) is 6.56. The molecule has 0 atom stereocenters. The van der Waals surface area contributed by atoms with E-state index in [0.717, 1.165) is 22.4 Å². The molecule has 0 fully saturated rings. The van der Waals surface area contributed by atoms with E-state index >= 15 is 0 Å². The number of fused-ring (bicyclic) bond motifs is 3. The van der Waals surface area contributed by atoms with Crippen molar-refractivity contribution in [1.29, 1.82) is 5.26 Å². The Kier molecular flexibility index (Phi) is 8.91. The second-order valence-electron chi connectivity index (χ2n) is 9.01. The number of rotatable bonds is 2. The Balaban J connectivity index is 0.000000174. The molecule has 0 saturated carbocycles. The van der Waals surface area contributed by atoms with E-state index in [9.17, 15) is 0 Å². The molecule has 4 heteroatoms. The molecule has 0 amide bonds. The van der Waals surface area contributed by atoms with Crippen LogP contribution in [0.4, 0.5) is 0 Å². The summed E-state index contributed by atoms with van der Waals surface area (Å²) in [7, 11) is 0. The van der Waals surface area contributed by atoms with E-state index in [-0.39, 0.29) is 37.3 Å². The minimum Gasteiger partial charge on any atom is -0.343 e. The molecule has 5 aromatic rings. The summed E-state index contributed by atoms with van der Waals surface area (Å²) in [5.74, 6) is 1.37. The van der Waals surface area contributed by atoms with E-state index in [0.29, 0.717) is 5.56 Å². The van der Waals surface area contributed by atoms with Gasteiger partial charge in [0.25, 0.3) is 0 Å². The second-order valence-corrected chi connectivity index (χ2v) is 9.01. The van der Waals surface area contributed by atoms with Crippen LogP contribution in [0.15, 0.2) is 109 Å². The number of aromatic nitrogens is 2. The summed E-state index contributed by atoms with van der Waals surface area (Å²) in [5, 5.41) is 9.14. The normalized spacial score (nSPS) is 11.2. The maximum absolute atomic E-state index is 9.14. The molecule has 3 nitrogen and oxygen atoms in total. The van der Waals surface area contributed by atoms with E-state index in [1.54, 1.807) is 6.20 Å². The van der Waals surface area contributed by atoms with Crippen LogP contribution >= 0.6 is 0 Å². The van der Waals surface area contributed by atoms with Gasteiger partial charge in [0, 0.05) is 17.8 Å². The van der Waals surface area contributed by atoms with Crippen LogP contribution in [0.25, 0.3) is 33.6 Å². The van der Waals surface area contributed by atoms with Crippen molar-refractivity contribution >= 4 is 0 Å². The zero-order valence-corrected chi connectivity index (χ0v) is 23.4. The van der Waals surface area contributed by atoms with E-state index < -0.39 is 0 Å². The summed E-state index contributed by atoms with van der Waals surface area (Å²) in [6, 6.07) is 41.0. The van der Waals surface area contributed by atoms with Gasteiger partial charge in [-0.25, -0.2) is 0 Å². The second kappa shape index (κ2) is 12.3. The van der Waals surface area contributed by atoms with Crippen LogP contribution in [0.1, 0.15) is 30.7 Å². The van der Waals surface area contributed by atoms with Gasteiger partial charge in [-0.3, -0.25) is 0 Å². The molecule has 0 bridgehead atoms. The summed E-state index contributed by atoms with van der Waals surface area (Å²) < 4.78 is 2.34. The maximum atomic E-state index is 9.14. The average Bonchev–Trinajstić information content (AvgIpc) is 2.97. The fraction of sp³-hybridized carbons (Fsp3) is 0.0882. The van der Waals surface area contributed by atoms with Gasteiger partial charge in [-0.15, -0.1) is 59.5 Å². The Morgan fingerprint density at radius 1 is 0.816 bits per heavy atom. The maximum Gasteiger partial charge on any atom is 3.00 e. The molecule has 6 rings (SSSR count). The topological polar surface area (TPSA) is 40.6 Å². The summed E-state index contributed by atoms with van der Waals surface area (Å²) in [6.07, 6.45) is 1.80. The predicted octanol–water partition coefficient (Wildman–Crippen LogP) is 7.39. The van der Waals surface area contributed by atoms with Crippen molar-refractivity contribution in [1.82, 2.24) is 4.98 Å². The third-order valence-electron chi connectivity index (χ3n) is 6.78. The standard InChI is InChI=1S/C18H11N2.C16H16N.Er/c19-12-15-8-4-5-9-17(15)16-10-11-18(20-13-16)14-6-2-1-3-7-14;1-11-7-6-10-16-15-9-5-4-8-14(15)12(2)13(3)17(11)16;/h1-6,8-11,13H;4-10H,1-3H3;/q2*-1;+3. The van der Waals surface area contributed by atoms with Crippen LogP contribution < -0.4 is 4.57 Å². The first kappa shape index (κ1) is 27.5. The summed E-state index contributed by atoms with van der Waals surface area (Å²) in [4.78, 5) is 4.46. The minimum atomic E-state index is 0. The zero-order valence-electron chi connectivity index (χ0n) is 21.5. The predicted molar refractivity (Wildman–Crippen MR) is 148 cm³/mol. The first-order valence-corrected chi connectivity index (χ1v) is 12.3. The number of nitriles is 1. The monoisotopic (exact) mass is 643 g/mol. The molecule has 0 N–H and O–H groups in total. The van der Waals surface area contributed by atoms with Crippen LogP contribution in [0.3, 0.4) is 0 Å². The average molecular weight is 645 g/mol. The molecule has 1 radical (unpaired) electrons. The van der Waals surface area contributed by atoms with Crippen LogP contribution in [-0.4, -0.2) is 4.98 Å². The molecular formula is C34H27ErN3+. The van der Waals surface area contributed by atoms with Gasteiger partial charge in [0.2, 0.25) is 0 Å². The first-order valence-electron chi connectivity index (χ1n) is 12.3. The van der Waals surface area contributed by atoms with Gasteiger partial charge in [0.1, 0.15) is 0 Å². The molecule has 38 heavy (non-hydrogen) atoms. The first-order chi connectivity index (χ1) is 18.1. The smallest absolute Gasteiger partial charge is 0.343 e. The Bertz CT molecular complexity index is 1570. The van der Waals surface area contributed by atoms with Gasteiger partial charge in [-0.2, -0.15) is 16.9 Å². The Morgan fingerprint density at radius 2 is 1.55 bits per heavy atom. The molecule has 2 aromatic heterocycles. The van der Waals surface area contributed by atoms with Crippen LogP contribution in [0, 0.1) is 73.6 Å². The summed E-state index contributed by atoms with van der Waals surface area (Å²) in [5.41, 5.74) is 9.63. The quantitative estimate of drug-likeness (QED) is 0.149. The molecule has 3 aromatic carbocycles. The number of aryl methyl sites for hydroxylation is 1. The van der Waals surface area contributed by atoms with E-state index in [1.807, 2.05) is 60.7 Å². The SMILES string of the molecule is Cc1cccc2[n+]1[C-](C)[C-](C)c1ccccc1-2.N#Cc1ccccc1-c1ccc(-c2[c-]cccc2)nc1.[Er+3]. The molecule has 0 spiro atoms. The van der Waals surface area contributed by atoms with Crippen LogP contribution in [-0.2, 0) is 0 Å². The van der Waals surface area contributed by atoms with Crippen molar-refractivity contribution in [2.45, 2.75) is 20.8 Å². The summed E-state index contributed by atoms with van der Waals surface area (Å²) >= 11 is 0. The molecular weight excluding hydrogens is 618 g/mol. The van der Waals surface area contributed by atoms with Crippen molar-refractivity contribution < 1.29 is 41.9 Å². The zero-order chi connectivity index (χ0) is 25.8.